The Bertz CT molecular complexity index is 1160. The highest BCUT2D eigenvalue weighted by molar-refractivity contribution is 7.92. The number of nitrogens with one attached hydrogen (secondary N) is 1. The summed E-state index contributed by atoms with van der Waals surface area (Å²) in [6, 6.07) is 5.02. The van der Waals surface area contributed by atoms with Crippen LogP contribution in [0.2, 0.25) is 0 Å². The van der Waals surface area contributed by atoms with Crippen molar-refractivity contribution in [2.24, 2.45) is 0 Å². The van der Waals surface area contributed by atoms with Gasteiger partial charge in [0.2, 0.25) is 0 Å². The summed E-state index contributed by atoms with van der Waals surface area (Å²) in [6.45, 7) is 1.21. The van der Waals surface area contributed by atoms with Crippen LogP contribution in [0.4, 0.5) is 19.0 Å². The molecule has 1 N–H and O–H groups in total. The van der Waals surface area contributed by atoms with Crippen molar-refractivity contribution in [1.82, 2.24) is 4.98 Å². The van der Waals surface area contributed by atoms with Gasteiger partial charge in [-0.3, -0.25) is 0 Å². The molecule has 164 valence electrons. The van der Waals surface area contributed by atoms with Gasteiger partial charge in [0.05, 0.1) is 23.3 Å². The minimum Gasteiger partial charge on any atom is -0.465 e. The van der Waals surface area contributed by atoms with Crippen molar-refractivity contribution in [2.45, 2.75) is 28.8 Å². The highest BCUT2D eigenvalue weighted by Gasteiger charge is 2.47. The fraction of sp³-hybridized carbons (Fsp3) is 0.294. The first-order valence-electron chi connectivity index (χ1n) is 8.29. The number of carbonyl (C=O) groups is 1. The average molecular weight is 466 g/mol. The van der Waals surface area contributed by atoms with Crippen LogP contribution in [-0.4, -0.2) is 46.2 Å². The maximum Gasteiger partial charge on any atom is 0.501 e. The molecule has 0 unspecified atom stereocenters. The molecule has 0 aliphatic heterocycles. The molecular formula is C17H17F3N2O6S2. The molecule has 0 saturated heterocycles. The molecule has 2 aromatic rings. The summed E-state index contributed by atoms with van der Waals surface area (Å²) >= 11 is 0. The minimum absolute atomic E-state index is 0.0258. The number of pyridine rings is 1. The standard InChI is InChI=1S/C17H17F3N2O6S2/c1-3-29(24,25)14-5-4-8-21-15(14)22-10-11-6-7-12(9-13(11)16(23)28-2)30(26,27)17(18,19)20/h4-9H,3,10H2,1-2H3,(H,21,22). The predicted octanol–water partition coefficient (Wildman–Crippen LogP) is 2.57. The monoisotopic (exact) mass is 466 g/mol. The number of ether oxygens (including phenoxy) is 1. The van der Waals surface area contributed by atoms with Gasteiger partial charge in [-0.15, -0.1) is 0 Å². The molecule has 13 heteroatoms. The number of methoxy groups -OCH3 is 1. The number of esters is 1. The second-order valence-corrected chi connectivity index (χ2v) is 10.1. The number of aromatic nitrogens is 1. The van der Waals surface area contributed by atoms with Crippen molar-refractivity contribution in [3.63, 3.8) is 0 Å². The van der Waals surface area contributed by atoms with Gasteiger partial charge in [-0.1, -0.05) is 13.0 Å². The molecule has 0 aliphatic carbocycles. The summed E-state index contributed by atoms with van der Waals surface area (Å²) in [6.07, 6.45) is 1.33. The predicted molar refractivity (Wildman–Crippen MR) is 100 cm³/mol. The Balaban J connectivity index is 2.46. The van der Waals surface area contributed by atoms with E-state index in [9.17, 15) is 34.8 Å². The van der Waals surface area contributed by atoms with Crippen LogP contribution < -0.4 is 5.32 Å². The van der Waals surface area contributed by atoms with Crippen LogP contribution in [0.25, 0.3) is 0 Å². The van der Waals surface area contributed by atoms with E-state index in [4.69, 9.17) is 0 Å². The van der Waals surface area contributed by atoms with Crippen molar-refractivity contribution >= 4 is 31.5 Å². The number of halogens is 3. The maximum atomic E-state index is 12.8. The zero-order valence-corrected chi connectivity index (χ0v) is 17.4. The van der Waals surface area contributed by atoms with Gasteiger partial charge in [-0.2, -0.15) is 13.2 Å². The van der Waals surface area contributed by atoms with Gasteiger partial charge in [0.25, 0.3) is 9.84 Å². The molecule has 1 heterocycles. The second-order valence-electron chi connectivity index (χ2n) is 5.87. The lowest BCUT2D eigenvalue weighted by Gasteiger charge is -2.14. The Labute approximate surface area is 170 Å². The van der Waals surface area contributed by atoms with E-state index < -0.39 is 41.6 Å². The molecule has 0 fully saturated rings. The largest absolute Gasteiger partial charge is 0.501 e. The van der Waals surface area contributed by atoms with Gasteiger partial charge >= 0.3 is 11.5 Å². The first-order chi connectivity index (χ1) is 13.8. The average Bonchev–Trinajstić information content (AvgIpc) is 2.70. The number of alkyl halides is 3. The summed E-state index contributed by atoms with van der Waals surface area (Å²) in [7, 11) is -8.32. The number of carbonyl (C=O) groups excluding carboxylic acids is 1. The lowest BCUT2D eigenvalue weighted by molar-refractivity contribution is -0.0436. The molecule has 0 spiro atoms. The summed E-state index contributed by atoms with van der Waals surface area (Å²) in [4.78, 5) is 14.7. The number of benzene rings is 1. The molecule has 0 amide bonds. The Morgan fingerprint density at radius 2 is 1.83 bits per heavy atom. The number of hydrogen-bond donors (Lipinski definition) is 1. The lowest BCUT2D eigenvalue weighted by Crippen LogP contribution is -2.24. The number of rotatable bonds is 7. The molecule has 1 aromatic heterocycles. The summed E-state index contributed by atoms with van der Waals surface area (Å²) < 4.78 is 90.6. The molecule has 0 atom stereocenters. The van der Waals surface area contributed by atoms with E-state index in [1.807, 2.05) is 0 Å². The van der Waals surface area contributed by atoms with E-state index >= 15 is 0 Å². The van der Waals surface area contributed by atoms with E-state index in [2.05, 4.69) is 15.0 Å². The maximum absolute atomic E-state index is 12.8. The van der Waals surface area contributed by atoms with Crippen molar-refractivity contribution in [1.29, 1.82) is 0 Å². The van der Waals surface area contributed by atoms with E-state index in [-0.39, 0.29) is 28.6 Å². The number of sulfone groups is 2. The third kappa shape index (κ3) is 4.73. The highest BCUT2D eigenvalue weighted by atomic mass is 32.2. The Morgan fingerprint density at radius 3 is 2.40 bits per heavy atom. The van der Waals surface area contributed by atoms with Crippen molar-refractivity contribution in [2.75, 3.05) is 18.2 Å². The first kappa shape index (κ1) is 23.6. The summed E-state index contributed by atoms with van der Waals surface area (Å²) in [5.74, 6) is -1.28. The van der Waals surface area contributed by atoms with E-state index in [0.717, 1.165) is 13.2 Å². The molecular weight excluding hydrogens is 449 g/mol. The SMILES string of the molecule is CCS(=O)(=O)c1cccnc1NCc1ccc(S(=O)(=O)C(F)(F)F)cc1C(=O)OC. The molecule has 0 saturated carbocycles. The van der Waals surface area contributed by atoms with Crippen LogP contribution >= 0.6 is 0 Å². The smallest absolute Gasteiger partial charge is 0.465 e. The summed E-state index contributed by atoms with van der Waals surface area (Å²) in [5, 5.41) is 2.71. The van der Waals surface area contributed by atoms with E-state index in [0.29, 0.717) is 12.1 Å². The van der Waals surface area contributed by atoms with E-state index in [1.54, 1.807) is 0 Å². The third-order valence-electron chi connectivity index (χ3n) is 4.03. The molecule has 30 heavy (non-hydrogen) atoms. The van der Waals surface area contributed by atoms with Crippen molar-refractivity contribution in [3.05, 3.63) is 47.7 Å². The summed E-state index contributed by atoms with van der Waals surface area (Å²) in [5.41, 5.74) is -5.89. The highest BCUT2D eigenvalue weighted by Crippen LogP contribution is 2.31. The normalized spacial score (nSPS) is 12.4. The van der Waals surface area contributed by atoms with Gasteiger partial charge in [-0.05, 0) is 29.8 Å². The van der Waals surface area contributed by atoms with Gasteiger partial charge in [0.15, 0.2) is 9.84 Å². The minimum atomic E-state index is -5.67. The zero-order valence-electron chi connectivity index (χ0n) is 15.7. The Hall–Kier alpha value is -2.67. The Morgan fingerprint density at radius 1 is 1.17 bits per heavy atom. The number of anilines is 1. The van der Waals surface area contributed by atoms with Crippen LogP contribution in [0, 0.1) is 0 Å². The number of nitrogens with zero attached hydrogens (tertiary/aromatic N) is 1. The fourth-order valence-electron chi connectivity index (χ4n) is 2.42. The molecule has 2 rings (SSSR count). The van der Waals surface area contributed by atoms with Gasteiger partial charge in [0.1, 0.15) is 10.7 Å². The zero-order chi connectivity index (χ0) is 22.7. The van der Waals surface area contributed by atoms with Gasteiger partial charge in [-0.25, -0.2) is 26.6 Å². The van der Waals surface area contributed by atoms with Gasteiger partial charge < -0.3 is 10.1 Å². The molecule has 0 bridgehead atoms. The lowest BCUT2D eigenvalue weighted by atomic mass is 10.1. The van der Waals surface area contributed by atoms with Crippen LogP contribution in [0.5, 0.6) is 0 Å². The van der Waals surface area contributed by atoms with Crippen LogP contribution in [0.3, 0.4) is 0 Å². The quantitative estimate of drug-likeness (QED) is 0.619. The third-order valence-corrected chi connectivity index (χ3v) is 7.28. The molecule has 1 aromatic carbocycles. The van der Waals surface area contributed by atoms with Crippen molar-refractivity contribution in [3.8, 4) is 0 Å². The second kappa shape index (κ2) is 8.60. The van der Waals surface area contributed by atoms with Crippen LogP contribution in [0.15, 0.2) is 46.3 Å². The van der Waals surface area contributed by atoms with E-state index in [1.165, 1.54) is 25.3 Å². The van der Waals surface area contributed by atoms with Crippen LogP contribution in [-0.2, 0) is 31.0 Å². The van der Waals surface area contributed by atoms with Crippen molar-refractivity contribution < 1.29 is 39.5 Å². The molecule has 8 nitrogen and oxygen atoms in total. The fourth-order valence-corrected chi connectivity index (χ4v) is 4.22. The number of hydrogen-bond acceptors (Lipinski definition) is 8. The first-order valence-corrected chi connectivity index (χ1v) is 11.4. The van der Waals surface area contributed by atoms with Gasteiger partial charge in [0, 0.05) is 12.7 Å². The topological polar surface area (TPSA) is 119 Å². The molecule has 0 radical (unpaired) electrons. The Kier molecular flexibility index (Phi) is 6.76. The molecule has 0 aliphatic rings. The van der Waals surface area contributed by atoms with Crippen LogP contribution in [0.1, 0.15) is 22.8 Å².